The zero-order valence-electron chi connectivity index (χ0n) is 14.5. The second-order valence-corrected chi connectivity index (χ2v) is 7.89. The van der Waals surface area contributed by atoms with E-state index in [4.69, 9.17) is 15.0 Å². The third-order valence-corrected chi connectivity index (χ3v) is 5.24. The maximum atomic E-state index is 11.4. The first-order valence-corrected chi connectivity index (χ1v) is 8.52. The molecule has 0 bridgehead atoms. The summed E-state index contributed by atoms with van der Waals surface area (Å²) in [5.74, 6) is 0.903. The number of carbonyl (C=O) groups is 1. The van der Waals surface area contributed by atoms with Crippen LogP contribution in [-0.4, -0.2) is 39.4 Å². The molecule has 1 fully saturated rings. The molecule has 0 amide bonds. The van der Waals surface area contributed by atoms with E-state index in [1.165, 1.54) is 11.8 Å². The number of nitrogens with two attached hydrogens (primary N) is 1. The summed E-state index contributed by atoms with van der Waals surface area (Å²) in [7, 11) is -0.513. The molecular weight excluding hydrogens is 313 g/mol. The number of aryl methyl sites for hydroxylation is 1. The van der Waals surface area contributed by atoms with E-state index in [0.29, 0.717) is 11.6 Å². The number of aromatic amines is 1. The van der Waals surface area contributed by atoms with Gasteiger partial charge in [-0.2, -0.15) is 5.10 Å². The fourth-order valence-corrected chi connectivity index (χ4v) is 2.77. The maximum absolute atomic E-state index is 11.4. The van der Waals surface area contributed by atoms with Crippen molar-refractivity contribution in [1.82, 2.24) is 10.2 Å². The lowest BCUT2D eigenvalue weighted by Crippen LogP contribution is -2.41. The molecule has 1 aliphatic rings. The van der Waals surface area contributed by atoms with Crippen molar-refractivity contribution in [2.24, 2.45) is 0 Å². The van der Waals surface area contributed by atoms with Crippen LogP contribution in [0, 0.1) is 6.92 Å². The Bertz CT molecular complexity index is 604. The van der Waals surface area contributed by atoms with Gasteiger partial charge in [0.1, 0.15) is 0 Å². The van der Waals surface area contributed by atoms with E-state index in [9.17, 15) is 4.79 Å². The van der Waals surface area contributed by atoms with Crippen molar-refractivity contribution in [3.05, 3.63) is 16.7 Å². The molecule has 1 saturated heterocycles. The summed E-state index contributed by atoms with van der Waals surface area (Å²) in [4.78, 5) is 11.4. The third-order valence-electron chi connectivity index (χ3n) is 4.35. The minimum absolute atomic E-state index is 0.0457. The van der Waals surface area contributed by atoms with Gasteiger partial charge in [-0.15, -0.1) is 0 Å². The lowest BCUT2D eigenvalue weighted by molar-refractivity contribution is -0.109. The van der Waals surface area contributed by atoms with Gasteiger partial charge in [0, 0.05) is 23.9 Å². The Labute approximate surface area is 141 Å². The van der Waals surface area contributed by atoms with E-state index in [2.05, 4.69) is 10.2 Å². The molecule has 2 heterocycles. The van der Waals surface area contributed by atoms with E-state index in [1.54, 1.807) is 6.92 Å². The summed E-state index contributed by atoms with van der Waals surface area (Å²) in [6.45, 7) is 11.4. The number of thioether (sulfide) groups is 1. The van der Waals surface area contributed by atoms with E-state index < -0.39 is 18.3 Å². The molecule has 0 atom stereocenters. The van der Waals surface area contributed by atoms with Crippen LogP contribution in [0.15, 0.2) is 5.47 Å². The lowest BCUT2D eigenvalue weighted by Gasteiger charge is -2.32. The number of nitrogens with one attached hydrogen (secondary N) is 1. The lowest BCUT2D eigenvalue weighted by atomic mass is 9.78. The maximum Gasteiger partial charge on any atom is 0.491 e. The molecule has 1 aliphatic heterocycles. The van der Waals surface area contributed by atoms with Gasteiger partial charge in [0.25, 0.3) is 0 Å². The fraction of sp³-hybridized carbons (Fsp3) is 0.600. The Balaban J connectivity index is 2.34. The van der Waals surface area contributed by atoms with Crippen LogP contribution in [0.2, 0.25) is 0 Å². The summed E-state index contributed by atoms with van der Waals surface area (Å²) in [5, 5.41) is 6.90. The highest BCUT2D eigenvalue weighted by Gasteiger charge is 2.52. The van der Waals surface area contributed by atoms with Gasteiger partial charge in [-0.1, -0.05) is 17.8 Å². The van der Waals surface area contributed by atoms with Crippen molar-refractivity contribution >= 4 is 35.9 Å². The van der Waals surface area contributed by atoms with Crippen LogP contribution in [-0.2, 0) is 14.1 Å². The highest BCUT2D eigenvalue weighted by molar-refractivity contribution is 8.13. The smallest absolute Gasteiger partial charge is 0.400 e. The second-order valence-electron chi connectivity index (χ2n) is 6.74. The van der Waals surface area contributed by atoms with Crippen LogP contribution in [0.5, 0.6) is 0 Å². The zero-order chi connectivity index (χ0) is 17.4. The standard InChI is InChI=1S/C15H24BN3O3S/c1-9-12(13(17)19-18-9)7-11(8-23-10(2)20)16-21-14(3,4)15(5,6)22-16/h7H,8H2,1-6H3,(H3,17,18,19). The minimum Gasteiger partial charge on any atom is -0.400 e. The van der Waals surface area contributed by atoms with Gasteiger partial charge >= 0.3 is 7.12 Å². The number of anilines is 1. The van der Waals surface area contributed by atoms with Crippen molar-refractivity contribution in [3.63, 3.8) is 0 Å². The minimum atomic E-state index is -0.513. The molecule has 0 saturated carbocycles. The van der Waals surface area contributed by atoms with Crippen LogP contribution in [0.25, 0.3) is 6.08 Å². The van der Waals surface area contributed by atoms with Gasteiger partial charge in [-0.05, 0) is 40.1 Å². The summed E-state index contributed by atoms with van der Waals surface area (Å²) in [6, 6.07) is 0. The molecule has 0 unspecified atom stereocenters. The van der Waals surface area contributed by atoms with Gasteiger partial charge in [-0.3, -0.25) is 9.89 Å². The number of hydrogen-bond acceptors (Lipinski definition) is 6. The van der Waals surface area contributed by atoms with Crippen LogP contribution in [0.1, 0.15) is 45.9 Å². The van der Waals surface area contributed by atoms with E-state index in [-0.39, 0.29) is 5.12 Å². The summed E-state index contributed by atoms with van der Waals surface area (Å²) < 4.78 is 12.2. The van der Waals surface area contributed by atoms with Crippen LogP contribution in [0.4, 0.5) is 5.82 Å². The van der Waals surface area contributed by atoms with Gasteiger partial charge in [0.05, 0.1) is 11.2 Å². The van der Waals surface area contributed by atoms with Crippen molar-refractivity contribution in [2.45, 2.75) is 52.7 Å². The summed E-state index contributed by atoms with van der Waals surface area (Å²) in [6.07, 6.45) is 1.91. The fourth-order valence-electron chi connectivity index (χ4n) is 2.18. The molecule has 1 aromatic rings. The Hall–Kier alpha value is -1.25. The molecule has 0 aromatic carbocycles. The molecule has 0 radical (unpaired) electrons. The Morgan fingerprint density at radius 2 is 1.91 bits per heavy atom. The van der Waals surface area contributed by atoms with Crippen molar-refractivity contribution in [1.29, 1.82) is 0 Å². The molecule has 0 aliphatic carbocycles. The van der Waals surface area contributed by atoms with Gasteiger partial charge < -0.3 is 15.0 Å². The van der Waals surface area contributed by atoms with Crippen molar-refractivity contribution in [3.8, 4) is 0 Å². The molecule has 1 aromatic heterocycles. The molecule has 3 N–H and O–H groups in total. The van der Waals surface area contributed by atoms with Crippen molar-refractivity contribution in [2.75, 3.05) is 11.5 Å². The molecule has 6 nitrogen and oxygen atoms in total. The predicted octanol–water partition coefficient (Wildman–Crippen LogP) is 2.59. The van der Waals surface area contributed by atoms with E-state index in [1.807, 2.05) is 40.7 Å². The number of aromatic nitrogens is 2. The zero-order valence-corrected chi connectivity index (χ0v) is 15.3. The van der Waals surface area contributed by atoms with Crippen LogP contribution in [0.3, 0.4) is 0 Å². The van der Waals surface area contributed by atoms with Crippen LogP contribution < -0.4 is 5.73 Å². The van der Waals surface area contributed by atoms with E-state index >= 15 is 0 Å². The molecule has 2 rings (SSSR count). The highest BCUT2D eigenvalue weighted by Crippen LogP contribution is 2.39. The summed E-state index contributed by atoms with van der Waals surface area (Å²) >= 11 is 1.22. The van der Waals surface area contributed by atoms with Gasteiger partial charge in [0.15, 0.2) is 10.9 Å². The number of H-pyrrole nitrogens is 1. The van der Waals surface area contributed by atoms with E-state index in [0.717, 1.165) is 16.7 Å². The monoisotopic (exact) mass is 337 g/mol. The molecule has 23 heavy (non-hydrogen) atoms. The molecule has 0 spiro atoms. The normalized spacial score (nSPS) is 20.1. The SMILES string of the molecule is CC(=O)SCC(=Cc1c(N)n[nH]c1C)B1OC(C)(C)C(C)(C)O1. The number of nitrogen functional groups attached to an aromatic ring is 1. The average Bonchev–Trinajstić information content (AvgIpc) is 2.83. The quantitative estimate of drug-likeness (QED) is 0.821. The highest BCUT2D eigenvalue weighted by atomic mass is 32.2. The van der Waals surface area contributed by atoms with Gasteiger partial charge in [0.2, 0.25) is 0 Å². The topological polar surface area (TPSA) is 90.2 Å². The third kappa shape index (κ3) is 3.81. The number of carbonyl (C=O) groups excluding carboxylic acids is 1. The van der Waals surface area contributed by atoms with Crippen LogP contribution >= 0.6 is 11.8 Å². The first kappa shape index (κ1) is 18.1. The predicted molar refractivity (Wildman–Crippen MR) is 94.9 cm³/mol. The Kier molecular flexibility index (Phi) is 4.99. The number of rotatable bonds is 4. The first-order chi connectivity index (χ1) is 10.5. The van der Waals surface area contributed by atoms with Crippen molar-refractivity contribution < 1.29 is 14.1 Å². The average molecular weight is 337 g/mol. The second kappa shape index (κ2) is 6.34. The first-order valence-electron chi connectivity index (χ1n) is 7.53. The summed E-state index contributed by atoms with van der Waals surface area (Å²) in [5.41, 5.74) is 7.57. The number of nitrogens with zero attached hydrogens (tertiary/aromatic N) is 1. The molecule has 8 heteroatoms. The Morgan fingerprint density at radius 3 is 2.35 bits per heavy atom. The molecular formula is C15H24BN3O3S. The molecule has 126 valence electrons. The largest absolute Gasteiger partial charge is 0.491 e. The number of hydrogen-bond donors (Lipinski definition) is 2. The Morgan fingerprint density at radius 1 is 1.35 bits per heavy atom. The van der Waals surface area contributed by atoms with Gasteiger partial charge in [-0.25, -0.2) is 0 Å².